The van der Waals surface area contributed by atoms with Crippen molar-refractivity contribution in [1.82, 2.24) is 5.32 Å². The molecule has 0 fully saturated rings. The summed E-state index contributed by atoms with van der Waals surface area (Å²) < 4.78 is 0. The summed E-state index contributed by atoms with van der Waals surface area (Å²) in [5.74, 6) is -1.84. The van der Waals surface area contributed by atoms with E-state index >= 15 is 0 Å². The second kappa shape index (κ2) is 3.13. The summed E-state index contributed by atoms with van der Waals surface area (Å²) in [4.78, 5) is 32.2. The Morgan fingerprint density at radius 1 is 1.50 bits per heavy atom. The Balaban J connectivity index is 2.83. The number of carbonyl (C=O) groups is 3. The fourth-order valence-electron chi connectivity index (χ4n) is 0.752. The highest BCUT2D eigenvalue weighted by Crippen LogP contribution is 2.00. The first-order chi connectivity index (χ1) is 5.61. The molecule has 1 radical (unpaired) electrons. The van der Waals surface area contributed by atoms with E-state index in [1.54, 1.807) is 0 Å². The van der Waals surface area contributed by atoms with E-state index in [-0.39, 0.29) is 11.6 Å². The molecule has 0 aliphatic heterocycles. The number of allylic oxidation sites excluding steroid dienone is 4. The van der Waals surface area contributed by atoms with E-state index in [0.717, 1.165) is 0 Å². The lowest BCUT2D eigenvalue weighted by Crippen LogP contribution is -2.30. The predicted octanol–water partition coefficient (Wildman–Crippen LogP) is -0.482. The Bertz CT molecular complexity index is 312. The maximum Gasteiger partial charge on any atom is 0.249 e. The molecule has 0 unspecified atom stereocenters. The van der Waals surface area contributed by atoms with Crippen LogP contribution in [0.4, 0.5) is 0 Å². The molecule has 1 rings (SSSR count). The third-order valence-electron chi connectivity index (χ3n) is 1.23. The first kappa shape index (κ1) is 8.39. The Kier molecular flexibility index (Phi) is 2.19. The molecule has 61 valence electrons. The van der Waals surface area contributed by atoms with Gasteiger partial charge in [0.2, 0.25) is 17.5 Å². The second-order valence-corrected chi connectivity index (χ2v) is 2.23. The minimum absolute atomic E-state index is 0.00579. The number of ketones is 2. The zero-order valence-electron chi connectivity index (χ0n) is 6.38. The van der Waals surface area contributed by atoms with Crippen LogP contribution in [-0.4, -0.2) is 17.5 Å². The summed E-state index contributed by atoms with van der Waals surface area (Å²) in [7, 11) is 0. The van der Waals surface area contributed by atoms with Crippen molar-refractivity contribution >= 4 is 17.5 Å². The smallest absolute Gasteiger partial charge is 0.249 e. The molecule has 0 bridgehead atoms. The van der Waals surface area contributed by atoms with Crippen molar-refractivity contribution in [2.45, 2.75) is 6.92 Å². The van der Waals surface area contributed by atoms with E-state index < -0.39 is 11.6 Å². The van der Waals surface area contributed by atoms with E-state index in [9.17, 15) is 14.4 Å². The molecule has 0 aromatic carbocycles. The van der Waals surface area contributed by atoms with Gasteiger partial charge in [-0.15, -0.1) is 0 Å². The molecular weight excluding hydrogens is 158 g/mol. The van der Waals surface area contributed by atoms with Crippen LogP contribution >= 0.6 is 0 Å². The number of rotatable bonds is 1. The lowest BCUT2D eigenvalue weighted by atomic mass is 10.1. The molecule has 0 spiro atoms. The highest BCUT2D eigenvalue weighted by atomic mass is 16.2. The quantitative estimate of drug-likeness (QED) is 0.420. The summed E-state index contributed by atoms with van der Waals surface area (Å²) in [6, 6.07) is 0. The Morgan fingerprint density at radius 3 is 2.75 bits per heavy atom. The van der Waals surface area contributed by atoms with Gasteiger partial charge in [0.15, 0.2) is 0 Å². The molecule has 0 aromatic rings. The van der Waals surface area contributed by atoms with Gasteiger partial charge in [-0.25, -0.2) is 0 Å². The molecule has 0 aromatic heterocycles. The van der Waals surface area contributed by atoms with Gasteiger partial charge in [0.1, 0.15) is 0 Å². The number of hydrogen-bond donors (Lipinski definition) is 1. The van der Waals surface area contributed by atoms with Gasteiger partial charge in [0.05, 0.1) is 5.70 Å². The molecule has 12 heavy (non-hydrogen) atoms. The summed E-state index contributed by atoms with van der Waals surface area (Å²) in [6.45, 7) is 1.26. The second-order valence-electron chi connectivity index (χ2n) is 2.23. The lowest BCUT2D eigenvalue weighted by molar-refractivity contribution is -0.132. The number of hydrogen-bond acceptors (Lipinski definition) is 3. The molecule has 4 heteroatoms. The van der Waals surface area contributed by atoms with Gasteiger partial charge >= 0.3 is 0 Å². The molecule has 1 aliphatic carbocycles. The van der Waals surface area contributed by atoms with Crippen molar-refractivity contribution in [1.29, 1.82) is 0 Å². The van der Waals surface area contributed by atoms with E-state index in [0.29, 0.717) is 0 Å². The average Bonchev–Trinajstić information content (AvgIpc) is 1.98. The van der Waals surface area contributed by atoms with Crippen molar-refractivity contribution in [3.63, 3.8) is 0 Å². The minimum Gasteiger partial charge on any atom is -0.323 e. The fourth-order valence-corrected chi connectivity index (χ4v) is 0.752. The third kappa shape index (κ3) is 1.66. The van der Waals surface area contributed by atoms with Crippen LogP contribution in [0.15, 0.2) is 17.8 Å². The zero-order chi connectivity index (χ0) is 9.14. The molecule has 1 N–H and O–H groups in total. The highest BCUT2D eigenvalue weighted by molar-refractivity contribution is 6.46. The average molecular weight is 164 g/mol. The van der Waals surface area contributed by atoms with Crippen molar-refractivity contribution in [2.24, 2.45) is 0 Å². The SMILES string of the molecule is CC(=O)NC1=CC=[C]C(=O)C1=O. The Labute approximate surface area is 68.9 Å². The molecular formula is C8H6NO3. The van der Waals surface area contributed by atoms with Gasteiger partial charge in [-0.2, -0.15) is 0 Å². The van der Waals surface area contributed by atoms with Crippen LogP contribution in [-0.2, 0) is 14.4 Å². The zero-order valence-corrected chi connectivity index (χ0v) is 6.38. The molecule has 0 saturated heterocycles. The summed E-state index contributed by atoms with van der Waals surface area (Å²) in [5.41, 5.74) is 0.00579. The van der Waals surface area contributed by atoms with Crippen LogP contribution in [0.25, 0.3) is 0 Å². The first-order valence-corrected chi connectivity index (χ1v) is 3.27. The monoisotopic (exact) mass is 164 g/mol. The van der Waals surface area contributed by atoms with E-state index in [1.807, 2.05) is 0 Å². The largest absolute Gasteiger partial charge is 0.323 e. The van der Waals surface area contributed by atoms with Crippen LogP contribution in [0.5, 0.6) is 0 Å². The van der Waals surface area contributed by atoms with Crippen LogP contribution in [0.2, 0.25) is 0 Å². The number of amides is 1. The third-order valence-corrected chi connectivity index (χ3v) is 1.23. The lowest BCUT2D eigenvalue weighted by Gasteiger charge is -2.05. The molecule has 1 aliphatic rings. The van der Waals surface area contributed by atoms with Gasteiger partial charge in [-0.05, 0) is 12.2 Å². The van der Waals surface area contributed by atoms with Gasteiger partial charge < -0.3 is 5.32 Å². The summed E-state index contributed by atoms with van der Waals surface area (Å²) in [6.07, 6.45) is 4.83. The van der Waals surface area contributed by atoms with Gasteiger partial charge in [-0.1, -0.05) is 0 Å². The predicted molar refractivity (Wildman–Crippen MR) is 39.7 cm³/mol. The Morgan fingerprint density at radius 2 is 2.17 bits per heavy atom. The molecule has 4 nitrogen and oxygen atoms in total. The van der Waals surface area contributed by atoms with Gasteiger partial charge in [-0.3, -0.25) is 14.4 Å². The van der Waals surface area contributed by atoms with Crippen LogP contribution in [0, 0.1) is 6.08 Å². The number of carbonyl (C=O) groups excluding carboxylic acids is 3. The Hall–Kier alpha value is -1.71. The van der Waals surface area contributed by atoms with Crippen LogP contribution < -0.4 is 5.32 Å². The minimum atomic E-state index is -0.735. The number of Topliss-reactive ketones (excluding diaryl/α,β-unsaturated/α-hetero) is 2. The molecule has 0 atom stereocenters. The fraction of sp³-hybridized carbons (Fsp3) is 0.125. The maximum atomic E-state index is 10.9. The van der Waals surface area contributed by atoms with E-state index in [4.69, 9.17) is 0 Å². The maximum absolute atomic E-state index is 10.9. The van der Waals surface area contributed by atoms with E-state index in [1.165, 1.54) is 19.1 Å². The standard InChI is InChI=1S/C8H6NO3/c1-5(10)9-6-3-2-4-7(11)8(6)12/h2-3H,1H3,(H,9,10). The van der Waals surface area contributed by atoms with Crippen molar-refractivity contribution < 1.29 is 14.4 Å². The van der Waals surface area contributed by atoms with Crippen molar-refractivity contribution in [3.05, 3.63) is 23.9 Å². The van der Waals surface area contributed by atoms with Gasteiger partial charge in [0, 0.05) is 13.0 Å². The molecule has 0 saturated carbocycles. The normalized spacial score (nSPS) is 15.9. The van der Waals surface area contributed by atoms with Crippen molar-refractivity contribution in [2.75, 3.05) is 0 Å². The number of nitrogens with one attached hydrogen (secondary N) is 1. The topological polar surface area (TPSA) is 63.2 Å². The van der Waals surface area contributed by atoms with E-state index in [2.05, 4.69) is 11.4 Å². The van der Waals surface area contributed by atoms with Crippen molar-refractivity contribution in [3.8, 4) is 0 Å². The molecule has 0 heterocycles. The summed E-state index contributed by atoms with van der Waals surface area (Å²) >= 11 is 0. The first-order valence-electron chi connectivity index (χ1n) is 3.27. The van der Waals surface area contributed by atoms with Crippen LogP contribution in [0.1, 0.15) is 6.92 Å². The van der Waals surface area contributed by atoms with Gasteiger partial charge in [0.25, 0.3) is 0 Å². The summed E-state index contributed by atoms with van der Waals surface area (Å²) in [5, 5.41) is 2.24. The molecule has 1 amide bonds. The highest BCUT2D eigenvalue weighted by Gasteiger charge is 2.19. The van der Waals surface area contributed by atoms with Crippen LogP contribution in [0.3, 0.4) is 0 Å².